The van der Waals surface area contributed by atoms with Crippen molar-refractivity contribution in [2.75, 3.05) is 11.9 Å². The lowest BCUT2D eigenvalue weighted by Crippen LogP contribution is -2.17. The van der Waals surface area contributed by atoms with E-state index in [1.165, 1.54) is 27.3 Å². The van der Waals surface area contributed by atoms with Crippen LogP contribution in [0.25, 0.3) is 22.2 Å². The molecule has 2 aromatic heterocycles. The summed E-state index contributed by atoms with van der Waals surface area (Å²) in [6, 6.07) is 15.8. The molecular formula is C31H32N2O3S. The van der Waals surface area contributed by atoms with Crippen molar-refractivity contribution in [1.82, 2.24) is 4.98 Å². The van der Waals surface area contributed by atoms with Crippen LogP contribution in [-0.4, -0.2) is 23.5 Å². The normalized spacial score (nSPS) is 14.9. The fourth-order valence-corrected chi connectivity index (χ4v) is 6.30. The van der Waals surface area contributed by atoms with Crippen molar-refractivity contribution in [3.63, 3.8) is 0 Å². The van der Waals surface area contributed by atoms with Gasteiger partial charge in [-0.3, -0.25) is 4.79 Å². The van der Waals surface area contributed by atoms with Gasteiger partial charge in [0.2, 0.25) is 0 Å². The van der Waals surface area contributed by atoms with Crippen molar-refractivity contribution in [2.24, 2.45) is 5.92 Å². The summed E-state index contributed by atoms with van der Waals surface area (Å²) in [4.78, 5) is 32.9. The molecule has 0 unspecified atom stereocenters. The average molecular weight is 513 g/mol. The van der Waals surface area contributed by atoms with Crippen LogP contribution in [0.5, 0.6) is 0 Å². The third kappa shape index (κ3) is 5.03. The molecule has 0 saturated carbocycles. The Balaban J connectivity index is 1.57. The van der Waals surface area contributed by atoms with Crippen LogP contribution in [0.3, 0.4) is 0 Å². The Morgan fingerprint density at radius 2 is 1.92 bits per heavy atom. The summed E-state index contributed by atoms with van der Waals surface area (Å²) in [5.74, 6) is -0.0432. The van der Waals surface area contributed by atoms with Crippen LogP contribution in [0.2, 0.25) is 0 Å². The second-order valence-electron chi connectivity index (χ2n) is 10.0. The molecule has 0 spiro atoms. The first-order chi connectivity index (χ1) is 17.9. The van der Waals surface area contributed by atoms with Gasteiger partial charge in [0, 0.05) is 15.8 Å². The topological polar surface area (TPSA) is 68.3 Å². The summed E-state index contributed by atoms with van der Waals surface area (Å²) >= 11 is 1.51. The molecule has 37 heavy (non-hydrogen) atoms. The Kier molecular flexibility index (Phi) is 7.11. The predicted molar refractivity (Wildman–Crippen MR) is 151 cm³/mol. The zero-order chi connectivity index (χ0) is 26.1. The van der Waals surface area contributed by atoms with Gasteiger partial charge in [0.15, 0.2) is 0 Å². The minimum atomic E-state index is -0.348. The summed E-state index contributed by atoms with van der Waals surface area (Å²) in [6.07, 6.45) is 3.52. The van der Waals surface area contributed by atoms with Crippen LogP contribution < -0.4 is 5.32 Å². The molecule has 5 rings (SSSR count). The number of esters is 1. The number of rotatable bonds is 6. The van der Waals surface area contributed by atoms with Gasteiger partial charge in [-0.25, -0.2) is 9.78 Å². The number of hydrogen-bond acceptors (Lipinski definition) is 5. The molecule has 0 aliphatic heterocycles. The Bertz CT molecular complexity index is 1500. The van der Waals surface area contributed by atoms with Gasteiger partial charge in [-0.05, 0) is 80.3 Å². The molecule has 1 aliphatic rings. The number of pyridine rings is 1. The molecule has 6 heteroatoms. The number of aromatic nitrogens is 1. The predicted octanol–water partition coefficient (Wildman–Crippen LogP) is 7.52. The molecule has 1 amide bonds. The molecule has 0 bridgehead atoms. The van der Waals surface area contributed by atoms with E-state index in [1.807, 2.05) is 43.3 Å². The number of amides is 1. The first-order valence-corrected chi connectivity index (χ1v) is 13.8. The highest BCUT2D eigenvalue weighted by Crippen LogP contribution is 2.40. The van der Waals surface area contributed by atoms with Crippen LogP contribution >= 0.6 is 11.3 Å². The number of benzene rings is 2. The number of fused-ring (bicyclic) bond motifs is 2. The molecule has 0 radical (unpaired) electrons. The molecule has 1 aliphatic carbocycles. The number of carbonyl (C=O) groups excluding carboxylic acids is 2. The first-order valence-electron chi connectivity index (χ1n) is 13.0. The molecule has 4 aromatic rings. The smallest absolute Gasteiger partial charge is 0.341 e. The van der Waals surface area contributed by atoms with E-state index in [9.17, 15) is 9.59 Å². The summed E-state index contributed by atoms with van der Waals surface area (Å²) in [7, 11) is 0. The maximum Gasteiger partial charge on any atom is 0.341 e. The standard InChI is InChI=1S/C31H32N2O3S/c1-5-14-36-31(35)28-23-13-10-18(2)15-27(23)37-30(28)33-29(34)24-17-26(21-12-11-19(3)20(4)16-21)32-25-9-7-6-8-22(24)25/h6-9,11-12,16-18H,5,10,13-15H2,1-4H3,(H,33,34)/t18-/m0/s1. The Morgan fingerprint density at radius 1 is 1.11 bits per heavy atom. The van der Waals surface area contributed by atoms with Gasteiger partial charge in [-0.2, -0.15) is 0 Å². The number of thiophene rings is 1. The highest BCUT2D eigenvalue weighted by molar-refractivity contribution is 7.17. The van der Waals surface area contributed by atoms with Crippen molar-refractivity contribution in [2.45, 2.75) is 53.4 Å². The lowest BCUT2D eigenvalue weighted by Gasteiger charge is -2.18. The fourth-order valence-electron chi connectivity index (χ4n) is 4.90. The molecular weight excluding hydrogens is 480 g/mol. The van der Waals surface area contributed by atoms with E-state index in [1.54, 1.807) is 0 Å². The van der Waals surface area contributed by atoms with Gasteiger partial charge in [-0.1, -0.05) is 44.2 Å². The summed E-state index contributed by atoms with van der Waals surface area (Å²) in [5.41, 5.74) is 6.95. The second kappa shape index (κ2) is 10.5. The van der Waals surface area contributed by atoms with E-state index in [-0.39, 0.29) is 11.9 Å². The van der Waals surface area contributed by atoms with E-state index in [0.29, 0.717) is 28.7 Å². The summed E-state index contributed by atoms with van der Waals surface area (Å²) in [5, 5.41) is 4.46. The van der Waals surface area contributed by atoms with Gasteiger partial charge >= 0.3 is 5.97 Å². The molecule has 1 atom stereocenters. The third-order valence-electron chi connectivity index (χ3n) is 7.14. The van der Waals surface area contributed by atoms with E-state index in [0.717, 1.165) is 53.4 Å². The number of nitrogens with zero attached hydrogens (tertiary/aromatic N) is 1. The minimum Gasteiger partial charge on any atom is -0.462 e. The Hall–Kier alpha value is -3.51. The lowest BCUT2D eigenvalue weighted by molar-refractivity contribution is 0.0505. The SMILES string of the molecule is CCCOC(=O)c1c(NC(=O)c2cc(-c3ccc(C)c(C)c3)nc3ccccc23)sc2c1CC[C@H](C)C2. The monoisotopic (exact) mass is 512 g/mol. The summed E-state index contributed by atoms with van der Waals surface area (Å²) in [6.45, 7) is 8.72. The quantitative estimate of drug-likeness (QED) is 0.271. The molecule has 5 nitrogen and oxygen atoms in total. The number of para-hydroxylation sites is 1. The first kappa shape index (κ1) is 25.2. The number of ether oxygens (including phenoxy) is 1. The van der Waals surface area contributed by atoms with Crippen molar-refractivity contribution in [3.8, 4) is 11.3 Å². The van der Waals surface area contributed by atoms with Crippen molar-refractivity contribution < 1.29 is 14.3 Å². The second-order valence-corrected chi connectivity index (χ2v) is 11.1. The average Bonchev–Trinajstić information content (AvgIpc) is 3.24. The van der Waals surface area contributed by atoms with E-state index < -0.39 is 0 Å². The molecule has 0 saturated heterocycles. The number of carbonyl (C=O) groups is 2. The van der Waals surface area contributed by atoms with E-state index in [4.69, 9.17) is 9.72 Å². The molecule has 1 N–H and O–H groups in total. The Morgan fingerprint density at radius 3 is 2.70 bits per heavy atom. The van der Waals surface area contributed by atoms with E-state index in [2.05, 4.69) is 38.2 Å². The maximum atomic E-state index is 13.8. The van der Waals surface area contributed by atoms with Crippen LogP contribution in [0.1, 0.15) is 69.0 Å². The van der Waals surface area contributed by atoms with Gasteiger partial charge < -0.3 is 10.1 Å². The maximum absolute atomic E-state index is 13.8. The third-order valence-corrected chi connectivity index (χ3v) is 8.31. The zero-order valence-electron chi connectivity index (χ0n) is 21.8. The number of anilines is 1. The number of nitrogens with one attached hydrogen (secondary N) is 1. The van der Waals surface area contributed by atoms with Gasteiger partial charge in [0.1, 0.15) is 5.00 Å². The molecule has 0 fully saturated rings. The fraction of sp³-hybridized carbons (Fsp3) is 0.323. The zero-order valence-corrected chi connectivity index (χ0v) is 22.6. The van der Waals surface area contributed by atoms with E-state index >= 15 is 0 Å². The van der Waals surface area contributed by atoms with Gasteiger partial charge in [0.25, 0.3) is 5.91 Å². The molecule has 2 heterocycles. The minimum absolute atomic E-state index is 0.250. The van der Waals surface area contributed by atoms with Crippen LogP contribution in [0.4, 0.5) is 5.00 Å². The van der Waals surface area contributed by atoms with Crippen molar-refractivity contribution in [1.29, 1.82) is 0 Å². The lowest BCUT2D eigenvalue weighted by atomic mass is 9.88. The largest absolute Gasteiger partial charge is 0.462 e. The van der Waals surface area contributed by atoms with Gasteiger partial charge in [0.05, 0.1) is 28.9 Å². The van der Waals surface area contributed by atoms with Crippen LogP contribution in [0.15, 0.2) is 48.5 Å². The van der Waals surface area contributed by atoms with Gasteiger partial charge in [-0.15, -0.1) is 11.3 Å². The number of hydrogen-bond donors (Lipinski definition) is 1. The molecule has 2 aromatic carbocycles. The summed E-state index contributed by atoms with van der Waals surface area (Å²) < 4.78 is 5.53. The highest BCUT2D eigenvalue weighted by Gasteiger charge is 2.29. The number of aryl methyl sites for hydroxylation is 2. The highest BCUT2D eigenvalue weighted by atomic mass is 32.1. The Labute approximate surface area is 221 Å². The van der Waals surface area contributed by atoms with Crippen molar-refractivity contribution >= 4 is 39.1 Å². The van der Waals surface area contributed by atoms with Crippen LogP contribution in [-0.2, 0) is 17.6 Å². The van der Waals surface area contributed by atoms with Crippen molar-refractivity contribution in [3.05, 3.63) is 81.2 Å². The van der Waals surface area contributed by atoms with Crippen LogP contribution in [0, 0.1) is 19.8 Å². The molecule has 190 valence electrons.